The summed E-state index contributed by atoms with van der Waals surface area (Å²) in [4.78, 5) is 16.2. The Morgan fingerprint density at radius 3 is 1.63 bits per heavy atom. The van der Waals surface area contributed by atoms with Gasteiger partial charge >= 0.3 is 0 Å². The molecule has 2 aromatic heterocycles. The third-order valence-electron chi connectivity index (χ3n) is 10.9. The van der Waals surface area contributed by atoms with Crippen LogP contribution in [0.5, 0.6) is 0 Å². The molecule has 3 aliphatic carbocycles. The van der Waals surface area contributed by atoms with Crippen molar-refractivity contribution in [3.63, 3.8) is 0 Å². The lowest BCUT2D eigenvalue weighted by Gasteiger charge is -2.52. The summed E-state index contributed by atoms with van der Waals surface area (Å²) in [7, 11) is 0. The molecule has 5 heteroatoms. The molecule has 9 aromatic rings. The molecule has 0 aliphatic heterocycles. The number of para-hydroxylation sites is 1. The van der Waals surface area contributed by atoms with Crippen molar-refractivity contribution in [2.75, 3.05) is 0 Å². The molecule has 0 unspecified atom stereocenters. The Hall–Kier alpha value is -6.72. The molecule has 3 aliphatic rings. The van der Waals surface area contributed by atoms with E-state index in [-0.39, 0.29) is 0 Å². The van der Waals surface area contributed by atoms with Crippen LogP contribution in [0.3, 0.4) is 0 Å². The summed E-state index contributed by atoms with van der Waals surface area (Å²) in [6.45, 7) is 0. The Labute approximate surface area is 298 Å². The largest absolute Gasteiger partial charge is 0.456 e. The maximum Gasteiger partial charge on any atom is 0.187 e. The zero-order valence-electron chi connectivity index (χ0n) is 27.8. The first-order valence-electron chi connectivity index (χ1n) is 17.5. The first kappa shape index (κ1) is 29.1. The second kappa shape index (κ2) is 10.6. The molecule has 0 N–H and O–H groups in total. The normalized spacial score (nSPS) is 18.2. The molecule has 4 nitrogen and oxygen atoms in total. The number of hydrogen-bond donors (Lipinski definition) is 0. The second-order valence-corrected chi connectivity index (χ2v) is 13.6. The molecule has 0 fully saturated rings. The van der Waals surface area contributed by atoms with Gasteiger partial charge in [-0.05, 0) is 46.0 Å². The molecule has 52 heavy (non-hydrogen) atoms. The van der Waals surface area contributed by atoms with E-state index in [0.717, 1.165) is 60.9 Å². The summed E-state index contributed by atoms with van der Waals surface area (Å²) in [5.41, 5.74) is 6.91. The first-order chi connectivity index (χ1) is 25.7. The SMILES string of the molecule is FC12c3ccccc3C(c3nc(-c4cccc(-c5ccccc5)c4)nc(-c4cccc5oc6ccccc6c45)n3)(c3ccccc31)c1ccccc12. The van der Waals surface area contributed by atoms with E-state index in [1.807, 2.05) is 133 Å². The Balaban J connectivity index is 1.27. The number of furan rings is 1. The minimum atomic E-state index is -1.82. The van der Waals surface area contributed by atoms with Crippen LogP contribution < -0.4 is 0 Å². The van der Waals surface area contributed by atoms with Crippen LogP contribution in [-0.2, 0) is 11.1 Å². The van der Waals surface area contributed by atoms with Crippen LogP contribution in [-0.4, -0.2) is 15.0 Å². The van der Waals surface area contributed by atoms with Crippen molar-refractivity contribution in [1.29, 1.82) is 0 Å². The van der Waals surface area contributed by atoms with E-state index in [1.54, 1.807) is 0 Å². The minimum absolute atomic E-state index is 0.520. The average Bonchev–Trinajstić information content (AvgIpc) is 3.61. The van der Waals surface area contributed by atoms with Crippen LogP contribution in [0.25, 0.3) is 55.8 Å². The van der Waals surface area contributed by atoms with Gasteiger partial charge in [-0.15, -0.1) is 0 Å². The maximum absolute atomic E-state index is 18.1. The molecule has 0 atom stereocenters. The average molecular weight is 670 g/mol. The Bertz CT molecular complexity index is 2780. The van der Waals surface area contributed by atoms with Crippen molar-refractivity contribution in [3.8, 4) is 33.9 Å². The van der Waals surface area contributed by atoms with Crippen LogP contribution in [0.2, 0.25) is 0 Å². The maximum atomic E-state index is 18.1. The van der Waals surface area contributed by atoms with Gasteiger partial charge < -0.3 is 4.42 Å². The minimum Gasteiger partial charge on any atom is -0.456 e. The van der Waals surface area contributed by atoms with Gasteiger partial charge in [0.25, 0.3) is 0 Å². The Kier molecular flexibility index (Phi) is 5.95. The molecular formula is C47H28FN3O. The van der Waals surface area contributed by atoms with E-state index < -0.39 is 11.1 Å². The molecule has 0 saturated carbocycles. The number of benzene rings is 7. The van der Waals surface area contributed by atoms with Gasteiger partial charge in [-0.2, -0.15) is 0 Å². The summed E-state index contributed by atoms with van der Waals surface area (Å²) in [6.07, 6.45) is 0. The number of nitrogens with zero attached hydrogens (tertiary/aromatic N) is 3. The molecule has 2 heterocycles. The van der Waals surface area contributed by atoms with Crippen LogP contribution >= 0.6 is 0 Å². The molecule has 0 amide bonds. The predicted molar refractivity (Wildman–Crippen MR) is 203 cm³/mol. The fourth-order valence-corrected chi connectivity index (χ4v) is 8.79. The molecule has 0 spiro atoms. The van der Waals surface area contributed by atoms with Crippen molar-refractivity contribution >= 4 is 21.9 Å². The van der Waals surface area contributed by atoms with Crippen molar-refractivity contribution in [3.05, 3.63) is 209 Å². The van der Waals surface area contributed by atoms with E-state index >= 15 is 4.39 Å². The van der Waals surface area contributed by atoms with Gasteiger partial charge in [0, 0.05) is 38.6 Å². The van der Waals surface area contributed by atoms with Gasteiger partial charge in [0.05, 0.1) is 0 Å². The van der Waals surface area contributed by atoms with Crippen molar-refractivity contribution < 1.29 is 8.81 Å². The summed E-state index contributed by atoms with van der Waals surface area (Å²) < 4.78 is 24.4. The van der Waals surface area contributed by atoms with Gasteiger partial charge in [0.15, 0.2) is 23.1 Å². The summed E-state index contributed by atoms with van der Waals surface area (Å²) >= 11 is 0. The van der Waals surface area contributed by atoms with E-state index in [2.05, 4.69) is 36.4 Å². The fourth-order valence-electron chi connectivity index (χ4n) is 8.79. The zero-order chi connectivity index (χ0) is 34.4. The van der Waals surface area contributed by atoms with Crippen molar-refractivity contribution in [1.82, 2.24) is 15.0 Å². The number of aromatic nitrogens is 3. The van der Waals surface area contributed by atoms with Crippen LogP contribution in [0.1, 0.15) is 39.2 Å². The lowest BCUT2D eigenvalue weighted by molar-refractivity contribution is 0.248. The van der Waals surface area contributed by atoms with E-state index in [4.69, 9.17) is 19.4 Å². The molecule has 12 rings (SSSR count). The molecule has 244 valence electrons. The van der Waals surface area contributed by atoms with Crippen LogP contribution in [0.4, 0.5) is 4.39 Å². The molecule has 0 saturated heterocycles. The summed E-state index contributed by atoms with van der Waals surface area (Å²) in [5.74, 6) is 1.59. The summed E-state index contributed by atoms with van der Waals surface area (Å²) in [6, 6.07) is 56.3. The standard InChI is InChI=1S/C47H28FN3O/c48-47-37-23-8-5-20-34(37)46(35-21-6-9-24-38(35)47,36-22-7-10-25-39(36)47)45-50-43(31-17-12-16-30(28-31)29-14-2-1-3-15-29)49-44(51-45)33-19-13-27-41-42(33)32-18-4-11-26-40(32)52-41/h1-28H. The van der Waals surface area contributed by atoms with E-state index in [9.17, 15) is 0 Å². The first-order valence-corrected chi connectivity index (χ1v) is 17.5. The highest BCUT2D eigenvalue weighted by Crippen LogP contribution is 2.64. The lowest BCUT2D eigenvalue weighted by atomic mass is 9.51. The third-order valence-corrected chi connectivity index (χ3v) is 10.9. The Morgan fingerprint density at radius 1 is 0.423 bits per heavy atom. The van der Waals surface area contributed by atoms with Crippen LogP contribution in [0, 0.1) is 0 Å². The Morgan fingerprint density at radius 2 is 0.942 bits per heavy atom. The third kappa shape index (κ3) is 3.77. The number of rotatable bonds is 4. The number of halogens is 1. The molecule has 0 radical (unpaired) electrons. The van der Waals surface area contributed by atoms with Gasteiger partial charge in [0.1, 0.15) is 16.6 Å². The highest BCUT2D eigenvalue weighted by atomic mass is 19.1. The second-order valence-electron chi connectivity index (χ2n) is 13.6. The van der Waals surface area contributed by atoms with Crippen LogP contribution in [0.15, 0.2) is 174 Å². The molecular weight excluding hydrogens is 642 g/mol. The summed E-state index contributed by atoms with van der Waals surface area (Å²) in [5, 5.41) is 1.92. The fraction of sp³-hybridized carbons (Fsp3) is 0.0426. The number of alkyl halides is 1. The van der Waals surface area contributed by atoms with Gasteiger partial charge in [-0.1, -0.05) is 152 Å². The predicted octanol–water partition coefficient (Wildman–Crippen LogP) is 11.0. The van der Waals surface area contributed by atoms with Crippen molar-refractivity contribution in [2.24, 2.45) is 0 Å². The van der Waals surface area contributed by atoms with E-state index in [1.165, 1.54) is 0 Å². The topological polar surface area (TPSA) is 51.8 Å². The molecule has 7 aromatic carbocycles. The van der Waals surface area contributed by atoms with Gasteiger partial charge in [-0.3, -0.25) is 0 Å². The quantitative estimate of drug-likeness (QED) is 0.187. The van der Waals surface area contributed by atoms with Gasteiger partial charge in [0.2, 0.25) is 0 Å². The highest BCUT2D eigenvalue weighted by molar-refractivity contribution is 6.11. The number of hydrogen-bond acceptors (Lipinski definition) is 4. The zero-order valence-corrected chi connectivity index (χ0v) is 27.8. The van der Waals surface area contributed by atoms with Crippen molar-refractivity contribution in [2.45, 2.75) is 11.1 Å². The highest BCUT2D eigenvalue weighted by Gasteiger charge is 2.61. The molecule has 2 bridgehead atoms. The lowest BCUT2D eigenvalue weighted by Crippen LogP contribution is -2.50. The van der Waals surface area contributed by atoms with E-state index in [0.29, 0.717) is 34.2 Å². The monoisotopic (exact) mass is 669 g/mol. The smallest absolute Gasteiger partial charge is 0.187 e. The van der Waals surface area contributed by atoms with Gasteiger partial charge in [-0.25, -0.2) is 19.3 Å². The number of fused-ring (bicyclic) bond motifs is 3.